The van der Waals surface area contributed by atoms with Crippen molar-refractivity contribution in [3.63, 3.8) is 0 Å². The SMILES string of the molecule is Cc1cccc(Nc2ncnc(NC3CCCCC3)c2[N+](=O)[O-])n1. The molecule has 3 rings (SSSR count). The standard InChI is InChI=1S/C16H20N6O2/c1-11-6-5-9-13(19-11)21-16-14(22(23)24)15(17-10-18-16)20-12-7-3-2-4-8-12/h5-6,9-10,12H,2-4,7-8H2,1H3,(H2,17,18,19,20,21). The number of nitrogens with one attached hydrogen (secondary N) is 2. The highest BCUT2D eigenvalue weighted by atomic mass is 16.6. The third kappa shape index (κ3) is 3.76. The van der Waals surface area contributed by atoms with Crippen LogP contribution in [-0.2, 0) is 0 Å². The van der Waals surface area contributed by atoms with Gasteiger partial charge in [-0.25, -0.2) is 15.0 Å². The number of pyridine rings is 1. The molecule has 8 nitrogen and oxygen atoms in total. The van der Waals surface area contributed by atoms with Crippen LogP contribution in [0.25, 0.3) is 0 Å². The van der Waals surface area contributed by atoms with E-state index in [1.54, 1.807) is 6.07 Å². The fourth-order valence-electron chi connectivity index (χ4n) is 2.92. The first-order valence-electron chi connectivity index (χ1n) is 8.10. The lowest BCUT2D eigenvalue weighted by Crippen LogP contribution is -2.23. The van der Waals surface area contributed by atoms with Gasteiger partial charge in [0.05, 0.1) is 4.92 Å². The maximum absolute atomic E-state index is 11.6. The van der Waals surface area contributed by atoms with Gasteiger partial charge in [-0.3, -0.25) is 10.1 Å². The number of aryl methyl sites for hydroxylation is 1. The van der Waals surface area contributed by atoms with Crippen LogP contribution in [0.4, 0.5) is 23.1 Å². The first kappa shape index (κ1) is 16.1. The molecule has 0 bridgehead atoms. The minimum atomic E-state index is -0.455. The molecule has 1 aliphatic rings. The Morgan fingerprint density at radius 3 is 2.62 bits per heavy atom. The average molecular weight is 328 g/mol. The maximum Gasteiger partial charge on any atom is 0.353 e. The van der Waals surface area contributed by atoms with Gasteiger partial charge in [0.2, 0.25) is 11.6 Å². The molecule has 126 valence electrons. The summed E-state index contributed by atoms with van der Waals surface area (Å²) >= 11 is 0. The van der Waals surface area contributed by atoms with Crippen LogP contribution in [0.3, 0.4) is 0 Å². The highest BCUT2D eigenvalue weighted by Crippen LogP contribution is 2.32. The fourth-order valence-corrected chi connectivity index (χ4v) is 2.92. The van der Waals surface area contributed by atoms with Gasteiger partial charge in [-0.2, -0.15) is 0 Å². The predicted octanol–water partition coefficient (Wildman–Crippen LogP) is 3.58. The van der Waals surface area contributed by atoms with Gasteiger partial charge >= 0.3 is 5.69 Å². The zero-order chi connectivity index (χ0) is 16.9. The van der Waals surface area contributed by atoms with Crippen molar-refractivity contribution in [3.8, 4) is 0 Å². The summed E-state index contributed by atoms with van der Waals surface area (Å²) < 4.78 is 0. The van der Waals surface area contributed by atoms with Gasteiger partial charge in [-0.1, -0.05) is 25.3 Å². The molecule has 0 unspecified atom stereocenters. The van der Waals surface area contributed by atoms with E-state index in [-0.39, 0.29) is 23.4 Å². The molecule has 1 saturated carbocycles. The lowest BCUT2D eigenvalue weighted by Gasteiger charge is -2.23. The highest BCUT2D eigenvalue weighted by Gasteiger charge is 2.25. The predicted molar refractivity (Wildman–Crippen MR) is 91.4 cm³/mol. The van der Waals surface area contributed by atoms with E-state index >= 15 is 0 Å². The second-order valence-electron chi connectivity index (χ2n) is 5.95. The smallest absolute Gasteiger partial charge is 0.353 e. The van der Waals surface area contributed by atoms with Crippen molar-refractivity contribution in [1.82, 2.24) is 15.0 Å². The van der Waals surface area contributed by atoms with Crippen LogP contribution < -0.4 is 10.6 Å². The molecule has 2 heterocycles. The van der Waals surface area contributed by atoms with Gasteiger partial charge in [0, 0.05) is 11.7 Å². The molecule has 0 aromatic carbocycles. The lowest BCUT2D eigenvalue weighted by atomic mass is 9.95. The van der Waals surface area contributed by atoms with Crippen LogP contribution in [0.1, 0.15) is 37.8 Å². The summed E-state index contributed by atoms with van der Waals surface area (Å²) in [6.07, 6.45) is 6.82. The van der Waals surface area contributed by atoms with Crippen LogP contribution in [0.5, 0.6) is 0 Å². The van der Waals surface area contributed by atoms with E-state index in [2.05, 4.69) is 25.6 Å². The second-order valence-corrected chi connectivity index (χ2v) is 5.95. The maximum atomic E-state index is 11.6. The molecule has 1 fully saturated rings. The van der Waals surface area contributed by atoms with Crippen LogP contribution in [-0.4, -0.2) is 25.9 Å². The summed E-state index contributed by atoms with van der Waals surface area (Å²) in [5, 5.41) is 17.7. The quantitative estimate of drug-likeness (QED) is 0.638. The molecule has 8 heteroatoms. The number of aromatic nitrogens is 3. The fraction of sp³-hybridized carbons (Fsp3) is 0.438. The molecular formula is C16H20N6O2. The summed E-state index contributed by atoms with van der Waals surface area (Å²) in [5.41, 5.74) is 0.670. The van der Waals surface area contributed by atoms with Crippen molar-refractivity contribution in [2.75, 3.05) is 10.6 Å². The number of rotatable bonds is 5. The Labute approximate surface area is 139 Å². The minimum Gasteiger partial charge on any atom is -0.361 e. The van der Waals surface area contributed by atoms with Gasteiger partial charge in [0.15, 0.2) is 0 Å². The summed E-state index contributed by atoms with van der Waals surface area (Å²) in [5.74, 6) is 0.920. The van der Waals surface area contributed by atoms with E-state index in [0.717, 1.165) is 31.4 Å². The van der Waals surface area contributed by atoms with E-state index in [9.17, 15) is 10.1 Å². The number of hydrogen-bond acceptors (Lipinski definition) is 7. The Kier molecular flexibility index (Phi) is 4.83. The minimum absolute atomic E-state index is 0.145. The van der Waals surface area contributed by atoms with Crippen molar-refractivity contribution in [3.05, 3.63) is 40.3 Å². The number of anilines is 3. The van der Waals surface area contributed by atoms with Crippen LogP contribution in [0.2, 0.25) is 0 Å². The van der Waals surface area contributed by atoms with E-state index in [1.807, 2.05) is 19.1 Å². The third-order valence-electron chi connectivity index (χ3n) is 4.09. The molecule has 2 aromatic rings. The van der Waals surface area contributed by atoms with Crippen molar-refractivity contribution < 1.29 is 4.92 Å². The first-order valence-corrected chi connectivity index (χ1v) is 8.10. The topological polar surface area (TPSA) is 106 Å². The van der Waals surface area contributed by atoms with Crippen LogP contribution >= 0.6 is 0 Å². The van der Waals surface area contributed by atoms with Gasteiger partial charge in [0.1, 0.15) is 12.1 Å². The Balaban J connectivity index is 1.88. The number of nitrogens with zero attached hydrogens (tertiary/aromatic N) is 4. The van der Waals surface area contributed by atoms with E-state index in [4.69, 9.17) is 0 Å². The molecule has 1 aliphatic carbocycles. The molecule has 2 N–H and O–H groups in total. The molecule has 24 heavy (non-hydrogen) atoms. The van der Waals surface area contributed by atoms with Gasteiger partial charge in [-0.05, 0) is 31.9 Å². The summed E-state index contributed by atoms with van der Waals surface area (Å²) in [6, 6.07) is 5.65. The average Bonchev–Trinajstić information content (AvgIpc) is 2.56. The Hall–Kier alpha value is -2.77. The van der Waals surface area contributed by atoms with E-state index in [1.165, 1.54) is 12.7 Å². The summed E-state index contributed by atoms with van der Waals surface area (Å²) in [6.45, 7) is 1.86. The number of hydrogen-bond donors (Lipinski definition) is 2. The molecule has 0 radical (unpaired) electrons. The zero-order valence-corrected chi connectivity index (χ0v) is 13.5. The van der Waals surface area contributed by atoms with Gasteiger partial charge in [0.25, 0.3) is 0 Å². The molecule has 0 atom stereocenters. The van der Waals surface area contributed by atoms with Crippen molar-refractivity contribution in [2.24, 2.45) is 0 Å². The normalized spacial score (nSPS) is 15.0. The lowest BCUT2D eigenvalue weighted by molar-refractivity contribution is -0.383. The molecule has 0 spiro atoms. The Morgan fingerprint density at radius 2 is 1.92 bits per heavy atom. The van der Waals surface area contributed by atoms with Crippen LogP contribution in [0.15, 0.2) is 24.5 Å². The molecular weight excluding hydrogens is 308 g/mol. The highest BCUT2D eigenvalue weighted by molar-refractivity contribution is 5.72. The third-order valence-corrected chi connectivity index (χ3v) is 4.09. The first-order chi connectivity index (χ1) is 11.6. The Morgan fingerprint density at radius 1 is 1.17 bits per heavy atom. The van der Waals surface area contributed by atoms with Gasteiger partial charge in [-0.15, -0.1) is 0 Å². The van der Waals surface area contributed by atoms with Crippen molar-refractivity contribution in [2.45, 2.75) is 45.1 Å². The number of nitro groups is 1. The zero-order valence-electron chi connectivity index (χ0n) is 13.5. The molecule has 2 aromatic heterocycles. The summed E-state index contributed by atoms with van der Waals surface area (Å²) in [4.78, 5) is 23.5. The van der Waals surface area contributed by atoms with E-state index in [0.29, 0.717) is 5.82 Å². The van der Waals surface area contributed by atoms with Crippen molar-refractivity contribution in [1.29, 1.82) is 0 Å². The second kappa shape index (κ2) is 7.20. The Bertz CT molecular complexity index is 730. The van der Waals surface area contributed by atoms with Crippen LogP contribution in [0, 0.1) is 17.0 Å². The largest absolute Gasteiger partial charge is 0.361 e. The van der Waals surface area contributed by atoms with Gasteiger partial charge < -0.3 is 10.6 Å². The van der Waals surface area contributed by atoms with Crippen molar-refractivity contribution >= 4 is 23.1 Å². The molecule has 0 aliphatic heterocycles. The molecule has 0 amide bonds. The summed E-state index contributed by atoms with van der Waals surface area (Å²) in [7, 11) is 0. The monoisotopic (exact) mass is 328 g/mol. The van der Waals surface area contributed by atoms with E-state index < -0.39 is 4.92 Å². The molecule has 0 saturated heterocycles.